The van der Waals surface area contributed by atoms with Gasteiger partial charge in [-0.2, -0.15) is 0 Å². The average Bonchev–Trinajstić information content (AvgIpc) is 0.960. The predicted molar refractivity (Wildman–Crippen MR) is 383 cm³/mol. The van der Waals surface area contributed by atoms with Gasteiger partial charge in [0.05, 0.1) is 11.0 Å². The normalized spacial score (nSPS) is 12.9. The van der Waals surface area contributed by atoms with Gasteiger partial charge < -0.3 is 23.7 Å². The SMILES string of the molecule is CC(C)(C)c1ccc(N2c3cc(N(c4ccc5ccccc5c4)c4ccc5oc6ccc(-c7ccccc7)cc6c5c4)ccc3B3c4cc5c6ccccc6n(-c6ccccc6)c5cc4N(c4ccc(C(C)(C)C)cc4)c4cc(-c5ccccc5)cc2c43)cc1. The van der Waals surface area contributed by atoms with Crippen LogP contribution in [0.2, 0.25) is 0 Å². The Balaban J connectivity index is 0.963. The van der Waals surface area contributed by atoms with Gasteiger partial charge in [0.25, 0.3) is 6.71 Å². The van der Waals surface area contributed by atoms with Gasteiger partial charge in [-0.15, -0.1) is 0 Å². The first-order valence-corrected chi connectivity index (χ1v) is 31.5. The Labute approximate surface area is 526 Å². The summed E-state index contributed by atoms with van der Waals surface area (Å²) in [5.41, 5.74) is 26.0. The monoisotopic (exact) mass is 1160 g/mol. The lowest BCUT2D eigenvalue weighted by Crippen LogP contribution is -2.61. The second-order valence-electron chi connectivity index (χ2n) is 26.6. The number of fused-ring (bicyclic) bond motifs is 11. The molecule has 13 aromatic carbocycles. The molecule has 15 aromatic rings. The lowest BCUT2D eigenvalue weighted by atomic mass is 9.33. The highest BCUT2D eigenvalue weighted by molar-refractivity contribution is 7.00. The Bertz CT molecular complexity index is 5330. The van der Waals surface area contributed by atoms with E-state index in [4.69, 9.17) is 4.42 Å². The minimum Gasteiger partial charge on any atom is -0.456 e. The van der Waals surface area contributed by atoms with Crippen molar-refractivity contribution in [2.75, 3.05) is 14.7 Å². The van der Waals surface area contributed by atoms with E-state index in [1.165, 1.54) is 60.1 Å². The van der Waals surface area contributed by atoms with Crippen molar-refractivity contribution in [2.45, 2.75) is 52.4 Å². The molecule has 2 aliphatic rings. The maximum Gasteiger partial charge on any atom is 0.252 e. The number of benzene rings is 13. The molecule has 0 saturated heterocycles. The molecule has 0 atom stereocenters. The Hall–Kier alpha value is -10.8. The van der Waals surface area contributed by atoms with Crippen LogP contribution in [0.5, 0.6) is 0 Å². The summed E-state index contributed by atoms with van der Waals surface area (Å²) in [5.74, 6) is 0. The van der Waals surface area contributed by atoms with Crippen LogP contribution in [0.4, 0.5) is 51.2 Å². The third kappa shape index (κ3) is 8.68. The van der Waals surface area contributed by atoms with Crippen LogP contribution in [0, 0.1) is 0 Å². The maximum atomic E-state index is 6.66. The molecule has 430 valence electrons. The van der Waals surface area contributed by atoms with Gasteiger partial charge in [-0.25, -0.2) is 0 Å². The molecular formula is C84H65BN4O. The van der Waals surface area contributed by atoms with Gasteiger partial charge in [0.1, 0.15) is 11.2 Å². The molecule has 6 heteroatoms. The molecule has 2 aliphatic heterocycles. The summed E-state index contributed by atoms with van der Waals surface area (Å²) in [7, 11) is 0. The number of hydrogen-bond donors (Lipinski definition) is 0. The van der Waals surface area contributed by atoms with Gasteiger partial charge in [-0.1, -0.05) is 211 Å². The standard InChI is InChI=1S/C84H65BN4O/c1-83(2,3)60-32-37-63(38-33-60)88-76-51-67(86(65-36-30-56-24-16-17-25-57(56)46-65)66-42-45-81-71(50-66)70-47-58(31-44-80(70)90-81)54-20-10-7-11-21-54)41-43-72(76)85-73-52-69-68-28-18-19-29-74(68)87(62-26-14-9-15-27-62)75(69)53-77(73)89(64-39-34-61(35-40-64)84(4,5)6)79-49-59(48-78(88)82(79)85)55-22-12-8-13-23-55/h7-53H,1-6H3. The lowest BCUT2D eigenvalue weighted by Gasteiger charge is -2.45. The summed E-state index contributed by atoms with van der Waals surface area (Å²) < 4.78 is 9.12. The average molecular weight is 1160 g/mol. The van der Waals surface area contributed by atoms with Crippen LogP contribution in [0.25, 0.3) is 82.5 Å². The van der Waals surface area contributed by atoms with Crippen LogP contribution >= 0.6 is 0 Å². The Morgan fingerprint density at radius 1 is 0.322 bits per heavy atom. The minimum absolute atomic E-state index is 0.0267. The molecule has 0 spiro atoms. The molecule has 0 aliphatic carbocycles. The van der Waals surface area contributed by atoms with E-state index < -0.39 is 0 Å². The molecular weight excluding hydrogens is 1090 g/mol. The quantitative estimate of drug-likeness (QED) is 0.142. The van der Waals surface area contributed by atoms with E-state index in [1.807, 2.05) is 0 Å². The van der Waals surface area contributed by atoms with E-state index in [1.54, 1.807) is 0 Å². The van der Waals surface area contributed by atoms with Gasteiger partial charge in [0, 0.05) is 78.4 Å². The summed E-state index contributed by atoms with van der Waals surface area (Å²) in [6.07, 6.45) is 0. The molecule has 2 aromatic heterocycles. The van der Waals surface area contributed by atoms with Crippen molar-refractivity contribution < 1.29 is 4.42 Å². The highest BCUT2D eigenvalue weighted by Gasteiger charge is 2.45. The molecule has 0 saturated carbocycles. The molecule has 4 heterocycles. The van der Waals surface area contributed by atoms with E-state index in [-0.39, 0.29) is 17.5 Å². The number of furan rings is 1. The first kappa shape index (κ1) is 53.4. The van der Waals surface area contributed by atoms with Crippen LogP contribution in [0.3, 0.4) is 0 Å². The van der Waals surface area contributed by atoms with Crippen LogP contribution in [0.1, 0.15) is 52.7 Å². The molecule has 5 nitrogen and oxygen atoms in total. The zero-order valence-corrected chi connectivity index (χ0v) is 51.4. The van der Waals surface area contributed by atoms with Gasteiger partial charge in [-0.05, 0) is 187 Å². The molecule has 90 heavy (non-hydrogen) atoms. The second kappa shape index (κ2) is 20.4. The van der Waals surface area contributed by atoms with Crippen LogP contribution in [0.15, 0.2) is 290 Å². The zero-order chi connectivity index (χ0) is 60.6. The van der Waals surface area contributed by atoms with Gasteiger partial charge in [0.2, 0.25) is 0 Å². The third-order valence-corrected chi connectivity index (χ3v) is 19.0. The summed E-state index contributed by atoms with van der Waals surface area (Å²) >= 11 is 0. The van der Waals surface area contributed by atoms with Crippen molar-refractivity contribution in [3.63, 3.8) is 0 Å². The summed E-state index contributed by atoms with van der Waals surface area (Å²) in [5, 5.41) is 6.96. The molecule has 0 radical (unpaired) electrons. The van der Waals surface area contributed by atoms with E-state index >= 15 is 0 Å². The first-order chi connectivity index (χ1) is 43.9. The topological polar surface area (TPSA) is 27.8 Å². The lowest BCUT2D eigenvalue weighted by molar-refractivity contribution is 0.590. The third-order valence-electron chi connectivity index (χ3n) is 19.0. The number of anilines is 9. The fourth-order valence-electron chi connectivity index (χ4n) is 14.5. The van der Waals surface area contributed by atoms with Gasteiger partial charge >= 0.3 is 0 Å². The Morgan fingerprint density at radius 2 is 0.844 bits per heavy atom. The molecule has 0 unspecified atom stereocenters. The van der Waals surface area contributed by atoms with Crippen molar-refractivity contribution in [1.29, 1.82) is 0 Å². The van der Waals surface area contributed by atoms with Crippen LogP contribution in [-0.2, 0) is 10.8 Å². The minimum atomic E-state index is -0.168. The van der Waals surface area contributed by atoms with Gasteiger partial charge in [0.15, 0.2) is 0 Å². The number of hydrogen-bond acceptors (Lipinski definition) is 4. The highest BCUT2D eigenvalue weighted by Crippen LogP contribution is 2.50. The Kier molecular flexibility index (Phi) is 12.1. The first-order valence-electron chi connectivity index (χ1n) is 31.5. The van der Waals surface area contributed by atoms with Gasteiger partial charge in [-0.3, -0.25) is 0 Å². The van der Waals surface area contributed by atoms with Crippen LogP contribution in [-0.4, -0.2) is 11.3 Å². The summed E-state index contributed by atoms with van der Waals surface area (Å²) in [4.78, 5) is 7.61. The van der Waals surface area contributed by atoms with Crippen molar-refractivity contribution in [1.82, 2.24) is 4.57 Å². The number of rotatable bonds is 8. The van der Waals surface area contributed by atoms with E-state index in [0.29, 0.717) is 0 Å². The van der Waals surface area contributed by atoms with E-state index in [9.17, 15) is 0 Å². The zero-order valence-electron chi connectivity index (χ0n) is 51.4. The molecule has 0 N–H and O–H groups in total. The molecule has 0 fully saturated rings. The number of para-hydroxylation sites is 2. The molecule has 0 bridgehead atoms. The summed E-state index contributed by atoms with van der Waals surface area (Å²) in [6, 6.07) is 106. The van der Waals surface area contributed by atoms with E-state index in [2.05, 4.69) is 346 Å². The van der Waals surface area contributed by atoms with Crippen molar-refractivity contribution >= 4 is 129 Å². The predicted octanol–water partition coefficient (Wildman–Crippen LogP) is 21.3. The van der Waals surface area contributed by atoms with Crippen LogP contribution < -0.4 is 31.1 Å². The fraction of sp³-hybridized carbons (Fsp3) is 0.0952. The maximum absolute atomic E-state index is 6.66. The highest BCUT2D eigenvalue weighted by atomic mass is 16.3. The van der Waals surface area contributed by atoms with Crippen molar-refractivity contribution in [3.8, 4) is 27.9 Å². The summed E-state index contributed by atoms with van der Waals surface area (Å²) in [6.45, 7) is 13.6. The van der Waals surface area contributed by atoms with Crippen molar-refractivity contribution in [2.24, 2.45) is 0 Å². The smallest absolute Gasteiger partial charge is 0.252 e. The fourth-order valence-corrected chi connectivity index (χ4v) is 14.5. The largest absolute Gasteiger partial charge is 0.456 e. The number of aromatic nitrogens is 1. The van der Waals surface area contributed by atoms with E-state index in [0.717, 1.165) is 101 Å². The number of nitrogens with zero attached hydrogens (tertiary/aromatic N) is 4. The molecule has 17 rings (SSSR count). The second-order valence-corrected chi connectivity index (χ2v) is 26.6. The van der Waals surface area contributed by atoms with Crippen molar-refractivity contribution in [3.05, 3.63) is 296 Å². The Morgan fingerprint density at radius 3 is 1.50 bits per heavy atom. The molecule has 0 amide bonds.